The minimum absolute atomic E-state index is 0.869. The van der Waals surface area contributed by atoms with Crippen molar-refractivity contribution in [2.75, 3.05) is 0 Å². The molecule has 3 heterocycles. The number of aromatic nitrogens is 2. The van der Waals surface area contributed by atoms with Crippen LogP contribution >= 0.6 is 0 Å². The Morgan fingerprint density at radius 3 is 2.21 bits per heavy atom. The molecule has 3 nitrogen and oxygen atoms in total. The molecule has 42 heavy (non-hydrogen) atoms. The number of benzene rings is 7. The summed E-state index contributed by atoms with van der Waals surface area (Å²) < 4.78 is 9.02. The lowest BCUT2D eigenvalue weighted by atomic mass is 9.88. The Kier molecular flexibility index (Phi) is 4.18. The highest BCUT2D eigenvalue weighted by molar-refractivity contribution is 6.27. The van der Waals surface area contributed by atoms with Crippen molar-refractivity contribution in [1.82, 2.24) is 9.55 Å². The second kappa shape index (κ2) is 7.96. The Labute approximate surface area is 240 Å². The van der Waals surface area contributed by atoms with Crippen LogP contribution in [0.4, 0.5) is 0 Å². The third kappa shape index (κ3) is 2.82. The molecule has 3 aromatic heterocycles. The summed E-state index contributed by atoms with van der Waals surface area (Å²) >= 11 is 0. The maximum atomic E-state index is 6.78. The number of furan rings is 1. The molecule has 10 aromatic rings. The van der Waals surface area contributed by atoms with Crippen LogP contribution in [-0.2, 0) is 0 Å². The van der Waals surface area contributed by atoms with E-state index in [1.54, 1.807) is 0 Å². The highest BCUT2D eigenvalue weighted by atomic mass is 16.3. The van der Waals surface area contributed by atoms with Crippen molar-refractivity contribution in [3.05, 3.63) is 134 Å². The van der Waals surface area contributed by atoms with Crippen molar-refractivity contribution in [1.29, 1.82) is 0 Å². The van der Waals surface area contributed by atoms with Crippen LogP contribution in [0.5, 0.6) is 0 Å². The SMILES string of the molecule is c1cc2ccc3cccc4c(-c5cccc6c5oc5cc(-n7c8ccccc8c8cccnc87)ccc56)cc(c1)c2c34. The predicted molar refractivity (Wildman–Crippen MR) is 175 cm³/mol. The topological polar surface area (TPSA) is 31.0 Å². The first kappa shape index (κ1) is 22.1. The minimum Gasteiger partial charge on any atom is -0.455 e. The molecule has 0 atom stereocenters. The molecule has 0 aliphatic heterocycles. The third-order valence-electron chi connectivity index (χ3n) is 8.97. The van der Waals surface area contributed by atoms with Gasteiger partial charge in [0, 0.05) is 39.4 Å². The molecule has 0 amide bonds. The highest BCUT2D eigenvalue weighted by Gasteiger charge is 2.19. The first-order valence-corrected chi connectivity index (χ1v) is 14.3. The zero-order chi connectivity index (χ0) is 27.4. The summed E-state index contributed by atoms with van der Waals surface area (Å²) in [5.74, 6) is 0. The molecule has 0 radical (unpaired) electrons. The van der Waals surface area contributed by atoms with Gasteiger partial charge < -0.3 is 4.42 Å². The Hall–Kier alpha value is -5.67. The fraction of sp³-hybridized carbons (Fsp3) is 0. The number of nitrogens with zero attached hydrogens (tertiary/aromatic N) is 2. The van der Waals surface area contributed by atoms with Crippen molar-refractivity contribution in [3.63, 3.8) is 0 Å². The summed E-state index contributed by atoms with van der Waals surface area (Å²) in [5, 5.41) is 12.3. The smallest absolute Gasteiger partial charge is 0.145 e. The predicted octanol–water partition coefficient (Wildman–Crippen LogP) is 10.6. The van der Waals surface area contributed by atoms with Gasteiger partial charge in [0.2, 0.25) is 0 Å². The van der Waals surface area contributed by atoms with E-state index in [2.05, 4.69) is 126 Å². The number of para-hydroxylation sites is 2. The van der Waals surface area contributed by atoms with Crippen molar-refractivity contribution in [2.24, 2.45) is 0 Å². The molecule has 0 N–H and O–H groups in total. The Balaban J connectivity index is 1.26. The molecule has 0 spiro atoms. The first-order valence-electron chi connectivity index (χ1n) is 14.3. The van der Waals surface area contributed by atoms with E-state index in [1.165, 1.54) is 43.3 Å². The summed E-state index contributed by atoms with van der Waals surface area (Å²) in [6, 6.07) is 45.7. The fourth-order valence-corrected chi connectivity index (χ4v) is 7.18. The monoisotopic (exact) mass is 534 g/mol. The largest absolute Gasteiger partial charge is 0.455 e. The normalized spacial score (nSPS) is 12.3. The van der Waals surface area contributed by atoms with Gasteiger partial charge in [-0.25, -0.2) is 4.98 Å². The van der Waals surface area contributed by atoms with E-state index in [-0.39, 0.29) is 0 Å². The second-order valence-corrected chi connectivity index (χ2v) is 11.2. The third-order valence-corrected chi connectivity index (χ3v) is 8.97. The summed E-state index contributed by atoms with van der Waals surface area (Å²) in [6.07, 6.45) is 1.86. The van der Waals surface area contributed by atoms with Gasteiger partial charge in [-0.1, -0.05) is 84.9 Å². The number of hydrogen-bond donors (Lipinski definition) is 0. The van der Waals surface area contributed by atoms with Crippen LogP contribution in [0.1, 0.15) is 0 Å². The molecule has 0 aliphatic carbocycles. The van der Waals surface area contributed by atoms with Crippen LogP contribution < -0.4 is 0 Å². The minimum atomic E-state index is 0.869. The van der Waals surface area contributed by atoms with Gasteiger partial charge in [0.05, 0.1) is 11.2 Å². The fourth-order valence-electron chi connectivity index (χ4n) is 7.18. The van der Waals surface area contributed by atoms with E-state index in [9.17, 15) is 0 Å². The van der Waals surface area contributed by atoms with Crippen molar-refractivity contribution in [2.45, 2.75) is 0 Å². The molecule has 0 saturated heterocycles. The van der Waals surface area contributed by atoms with Crippen LogP contribution in [-0.4, -0.2) is 9.55 Å². The Morgan fingerprint density at radius 1 is 0.500 bits per heavy atom. The average Bonchev–Trinajstić information content (AvgIpc) is 3.59. The molecular formula is C39H22N2O. The van der Waals surface area contributed by atoms with Crippen LogP contribution in [0.3, 0.4) is 0 Å². The standard InChI is InChI=1S/C39H22N2O/c1-2-15-34-27(10-1)32-14-6-20-40-39(32)41(34)26-18-19-28-30-12-5-13-31(38(30)42-35(28)22-26)33-21-25-9-3-7-23-16-17-24-8-4-11-29(33)37(24)36(23)25/h1-22H. The summed E-state index contributed by atoms with van der Waals surface area (Å²) in [7, 11) is 0. The van der Waals surface area contributed by atoms with Crippen LogP contribution in [0.15, 0.2) is 138 Å². The molecule has 194 valence electrons. The summed E-state index contributed by atoms with van der Waals surface area (Å²) in [6.45, 7) is 0. The van der Waals surface area contributed by atoms with E-state index in [0.29, 0.717) is 0 Å². The van der Waals surface area contributed by atoms with Gasteiger partial charge in [-0.15, -0.1) is 0 Å². The molecule has 10 rings (SSSR count). The lowest BCUT2D eigenvalue weighted by Crippen LogP contribution is -1.94. The van der Waals surface area contributed by atoms with Gasteiger partial charge in [0.15, 0.2) is 0 Å². The van der Waals surface area contributed by atoms with E-state index in [1.807, 2.05) is 12.3 Å². The van der Waals surface area contributed by atoms with Crippen LogP contribution in [0, 0.1) is 0 Å². The van der Waals surface area contributed by atoms with Crippen molar-refractivity contribution in [3.8, 4) is 16.8 Å². The molecule has 0 saturated carbocycles. The summed E-state index contributed by atoms with van der Waals surface area (Å²) in [4.78, 5) is 4.77. The quantitative estimate of drug-likeness (QED) is 0.207. The zero-order valence-electron chi connectivity index (χ0n) is 22.5. The number of fused-ring (bicyclic) bond motifs is 6. The van der Waals surface area contributed by atoms with Crippen molar-refractivity contribution >= 4 is 76.2 Å². The Morgan fingerprint density at radius 2 is 1.26 bits per heavy atom. The maximum absolute atomic E-state index is 6.78. The molecule has 0 unspecified atom stereocenters. The number of pyridine rings is 1. The average molecular weight is 535 g/mol. The lowest BCUT2D eigenvalue weighted by molar-refractivity contribution is 0.670. The van der Waals surface area contributed by atoms with E-state index in [0.717, 1.165) is 49.7 Å². The summed E-state index contributed by atoms with van der Waals surface area (Å²) in [5.41, 5.74) is 7.22. The van der Waals surface area contributed by atoms with Crippen LogP contribution in [0.2, 0.25) is 0 Å². The van der Waals surface area contributed by atoms with E-state index in [4.69, 9.17) is 9.40 Å². The molecule has 0 bridgehead atoms. The van der Waals surface area contributed by atoms with E-state index < -0.39 is 0 Å². The first-order chi connectivity index (χ1) is 20.8. The molecular weight excluding hydrogens is 512 g/mol. The van der Waals surface area contributed by atoms with Crippen molar-refractivity contribution < 1.29 is 4.42 Å². The van der Waals surface area contributed by atoms with Gasteiger partial charge in [-0.05, 0) is 74.3 Å². The molecule has 7 aromatic carbocycles. The number of hydrogen-bond acceptors (Lipinski definition) is 2. The molecule has 3 heteroatoms. The Bertz CT molecular complexity index is 2640. The molecule has 0 fully saturated rings. The number of rotatable bonds is 2. The van der Waals surface area contributed by atoms with Gasteiger partial charge >= 0.3 is 0 Å². The lowest BCUT2D eigenvalue weighted by Gasteiger charge is -2.15. The van der Waals surface area contributed by atoms with Gasteiger partial charge in [0.25, 0.3) is 0 Å². The van der Waals surface area contributed by atoms with Gasteiger partial charge in [0.1, 0.15) is 16.8 Å². The molecule has 0 aliphatic rings. The highest BCUT2D eigenvalue weighted by Crippen LogP contribution is 2.44. The van der Waals surface area contributed by atoms with Crippen LogP contribution in [0.25, 0.3) is 93.0 Å². The van der Waals surface area contributed by atoms with E-state index >= 15 is 0 Å². The zero-order valence-corrected chi connectivity index (χ0v) is 22.5. The maximum Gasteiger partial charge on any atom is 0.145 e. The second-order valence-electron chi connectivity index (χ2n) is 11.2. The van der Waals surface area contributed by atoms with Gasteiger partial charge in [-0.2, -0.15) is 0 Å². The van der Waals surface area contributed by atoms with Gasteiger partial charge in [-0.3, -0.25) is 4.57 Å².